The molecule has 0 saturated heterocycles. The summed E-state index contributed by atoms with van der Waals surface area (Å²) in [6, 6.07) is 1.70. The highest BCUT2D eigenvalue weighted by atomic mass is 35.5. The molecule has 1 aromatic rings. The fourth-order valence-corrected chi connectivity index (χ4v) is 1.90. The summed E-state index contributed by atoms with van der Waals surface area (Å²) in [7, 11) is 0. The van der Waals surface area contributed by atoms with Gasteiger partial charge in [-0.25, -0.2) is 0 Å². The van der Waals surface area contributed by atoms with E-state index in [0.29, 0.717) is 22.9 Å². The molecule has 3 heteroatoms. The van der Waals surface area contributed by atoms with Crippen molar-refractivity contribution in [3.63, 3.8) is 0 Å². The van der Waals surface area contributed by atoms with Crippen LogP contribution in [0, 0.1) is 5.92 Å². The molecule has 1 saturated carbocycles. The second-order valence-corrected chi connectivity index (χ2v) is 4.19. The average Bonchev–Trinajstić information content (AvgIpc) is 2.12. The molecule has 0 spiro atoms. The van der Waals surface area contributed by atoms with E-state index < -0.39 is 0 Å². The molecule has 2 nitrogen and oxygen atoms in total. The third kappa shape index (κ3) is 1.95. The Balaban J connectivity index is 2.06. The van der Waals surface area contributed by atoms with Gasteiger partial charge in [-0.3, -0.25) is 9.78 Å². The molecule has 1 aliphatic rings. The zero-order valence-corrected chi connectivity index (χ0v) is 8.63. The van der Waals surface area contributed by atoms with Gasteiger partial charge in [-0.15, -0.1) is 0 Å². The number of halogens is 1. The van der Waals surface area contributed by atoms with Crippen molar-refractivity contribution in [1.82, 2.24) is 4.98 Å². The van der Waals surface area contributed by atoms with Crippen molar-refractivity contribution < 1.29 is 4.79 Å². The molecule has 0 radical (unpaired) electrons. The van der Waals surface area contributed by atoms with Crippen molar-refractivity contribution in [2.45, 2.75) is 25.7 Å². The topological polar surface area (TPSA) is 30.0 Å². The van der Waals surface area contributed by atoms with Crippen molar-refractivity contribution in [3.05, 3.63) is 29.0 Å². The first kappa shape index (κ1) is 9.66. The lowest BCUT2D eigenvalue weighted by atomic mass is 9.81. The lowest BCUT2D eigenvalue weighted by molar-refractivity contribution is 0.0936. The number of carbonyl (C=O) groups excluding carboxylic acids is 1. The minimum atomic E-state index is 0.155. The Morgan fingerprint density at radius 1 is 1.57 bits per heavy atom. The van der Waals surface area contributed by atoms with Crippen molar-refractivity contribution in [2.75, 3.05) is 0 Å². The smallest absolute Gasteiger partial charge is 0.164 e. The molecule has 1 aliphatic carbocycles. The highest BCUT2D eigenvalue weighted by molar-refractivity contribution is 6.33. The lowest BCUT2D eigenvalue weighted by Crippen LogP contribution is -2.16. The Morgan fingerprint density at radius 2 is 2.36 bits per heavy atom. The monoisotopic (exact) mass is 209 g/mol. The van der Waals surface area contributed by atoms with Gasteiger partial charge in [0.1, 0.15) is 0 Å². The first-order valence-electron chi connectivity index (χ1n) is 4.90. The first-order valence-corrected chi connectivity index (χ1v) is 5.28. The van der Waals surface area contributed by atoms with E-state index in [1.165, 1.54) is 25.5 Å². The Bertz CT molecular complexity index is 347. The molecule has 2 rings (SSSR count). The molecule has 0 atom stereocenters. The van der Waals surface area contributed by atoms with Gasteiger partial charge in [-0.05, 0) is 12.0 Å². The average molecular weight is 210 g/mol. The molecule has 0 amide bonds. The molecule has 1 aromatic heterocycles. The molecule has 1 heterocycles. The van der Waals surface area contributed by atoms with Crippen molar-refractivity contribution >= 4 is 17.4 Å². The first-order chi connectivity index (χ1) is 6.77. The van der Waals surface area contributed by atoms with Crippen LogP contribution in [0.5, 0.6) is 0 Å². The molecule has 0 aromatic carbocycles. The van der Waals surface area contributed by atoms with E-state index in [9.17, 15) is 4.79 Å². The molecule has 0 bridgehead atoms. The van der Waals surface area contributed by atoms with E-state index in [-0.39, 0.29) is 5.78 Å². The number of ketones is 1. The van der Waals surface area contributed by atoms with E-state index in [4.69, 9.17) is 11.6 Å². The molecule has 1 fully saturated rings. The summed E-state index contributed by atoms with van der Waals surface area (Å²) in [6.45, 7) is 0. The predicted octanol–water partition coefficient (Wildman–Crippen LogP) is 3.11. The summed E-state index contributed by atoms with van der Waals surface area (Å²) in [5.41, 5.74) is 0.619. The lowest BCUT2D eigenvalue weighted by Gasteiger charge is -2.24. The maximum absolute atomic E-state index is 11.8. The van der Waals surface area contributed by atoms with E-state index in [2.05, 4.69) is 4.98 Å². The number of aromatic nitrogens is 1. The van der Waals surface area contributed by atoms with Crippen molar-refractivity contribution in [2.24, 2.45) is 5.92 Å². The minimum Gasteiger partial charge on any atom is -0.294 e. The summed E-state index contributed by atoms with van der Waals surface area (Å²) in [5.74, 6) is 0.744. The number of nitrogens with zero attached hydrogens (tertiary/aromatic N) is 1. The molecule has 0 aliphatic heterocycles. The van der Waals surface area contributed by atoms with Gasteiger partial charge in [-0.1, -0.05) is 30.9 Å². The summed E-state index contributed by atoms with van der Waals surface area (Å²) in [4.78, 5) is 15.6. The normalized spacial score (nSPS) is 16.4. The van der Waals surface area contributed by atoms with Crippen LogP contribution in [0.4, 0.5) is 0 Å². The second-order valence-electron chi connectivity index (χ2n) is 3.78. The van der Waals surface area contributed by atoms with Gasteiger partial charge >= 0.3 is 0 Å². The number of rotatable bonds is 3. The van der Waals surface area contributed by atoms with Gasteiger partial charge in [-0.2, -0.15) is 0 Å². The number of hydrogen-bond acceptors (Lipinski definition) is 2. The van der Waals surface area contributed by atoms with E-state index in [1.54, 1.807) is 12.3 Å². The van der Waals surface area contributed by atoms with E-state index >= 15 is 0 Å². The molecule has 0 unspecified atom stereocenters. The van der Waals surface area contributed by atoms with E-state index in [0.717, 1.165) is 0 Å². The van der Waals surface area contributed by atoms with Gasteiger partial charge < -0.3 is 0 Å². The number of carbonyl (C=O) groups is 1. The quantitative estimate of drug-likeness (QED) is 0.716. The van der Waals surface area contributed by atoms with Gasteiger partial charge in [0, 0.05) is 24.4 Å². The molecule has 0 N–H and O–H groups in total. The maximum atomic E-state index is 11.8. The molecule has 14 heavy (non-hydrogen) atoms. The highest BCUT2D eigenvalue weighted by Crippen LogP contribution is 2.31. The zero-order valence-electron chi connectivity index (χ0n) is 7.87. The fourth-order valence-electron chi connectivity index (χ4n) is 1.67. The summed E-state index contributed by atoms with van der Waals surface area (Å²) in [6.07, 6.45) is 7.42. The summed E-state index contributed by atoms with van der Waals surface area (Å²) >= 11 is 5.88. The Labute approximate surface area is 88.3 Å². The van der Waals surface area contributed by atoms with Crippen molar-refractivity contribution in [1.29, 1.82) is 0 Å². The highest BCUT2D eigenvalue weighted by Gasteiger charge is 2.22. The van der Waals surface area contributed by atoms with Crippen LogP contribution in [0.15, 0.2) is 18.5 Å². The maximum Gasteiger partial charge on any atom is 0.164 e. The van der Waals surface area contributed by atoms with Gasteiger partial charge in [0.05, 0.1) is 5.02 Å². The minimum absolute atomic E-state index is 0.155. The van der Waals surface area contributed by atoms with Gasteiger partial charge in [0.25, 0.3) is 0 Å². The van der Waals surface area contributed by atoms with Gasteiger partial charge in [0.2, 0.25) is 0 Å². The largest absolute Gasteiger partial charge is 0.294 e. The SMILES string of the molecule is O=C(CC1CCC1)c1ccncc1Cl. The molecule has 74 valence electrons. The third-order valence-electron chi connectivity index (χ3n) is 2.77. The summed E-state index contributed by atoms with van der Waals surface area (Å²) in [5, 5.41) is 0.469. The van der Waals surface area contributed by atoms with Crippen LogP contribution in [0.2, 0.25) is 5.02 Å². The Hall–Kier alpha value is -0.890. The Kier molecular flexibility index (Phi) is 2.82. The van der Waals surface area contributed by atoms with Gasteiger partial charge in [0.15, 0.2) is 5.78 Å². The number of hydrogen-bond donors (Lipinski definition) is 0. The standard InChI is InChI=1S/C11H12ClNO/c12-10-7-13-5-4-9(10)11(14)6-8-2-1-3-8/h4-5,7-8H,1-3,6H2. The number of Topliss-reactive ketones (excluding diaryl/α,β-unsaturated/α-hetero) is 1. The van der Waals surface area contributed by atoms with Crippen LogP contribution < -0.4 is 0 Å². The third-order valence-corrected chi connectivity index (χ3v) is 3.07. The van der Waals surface area contributed by atoms with Crippen LogP contribution in [-0.2, 0) is 0 Å². The Morgan fingerprint density at radius 3 is 2.93 bits per heavy atom. The fraction of sp³-hybridized carbons (Fsp3) is 0.455. The summed E-state index contributed by atoms with van der Waals surface area (Å²) < 4.78 is 0. The van der Waals surface area contributed by atoms with Crippen LogP contribution in [0.3, 0.4) is 0 Å². The molecular weight excluding hydrogens is 198 g/mol. The van der Waals surface area contributed by atoms with Crippen LogP contribution in [-0.4, -0.2) is 10.8 Å². The van der Waals surface area contributed by atoms with Crippen molar-refractivity contribution in [3.8, 4) is 0 Å². The second kappa shape index (κ2) is 4.09. The van der Waals surface area contributed by atoms with Crippen LogP contribution in [0.1, 0.15) is 36.0 Å². The van der Waals surface area contributed by atoms with Crippen LogP contribution >= 0.6 is 11.6 Å². The predicted molar refractivity (Wildman–Crippen MR) is 55.5 cm³/mol. The van der Waals surface area contributed by atoms with Crippen LogP contribution in [0.25, 0.3) is 0 Å². The molecular formula is C11H12ClNO. The van der Waals surface area contributed by atoms with E-state index in [1.807, 2.05) is 0 Å². The zero-order chi connectivity index (χ0) is 9.97. The number of pyridine rings is 1.